The van der Waals surface area contributed by atoms with Crippen LogP contribution in [-0.4, -0.2) is 19.6 Å². The molecule has 0 saturated heterocycles. The SMILES string of the molecule is Cc1ccc2nc(NCc3csc(C)n3)nn2c1. The third-order valence-electron chi connectivity index (χ3n) is 2.57. The van der Waals surface area contributed by atoms with Crippen LogP contribution >= 0.6 is 11.3 Å². The Morgan fingerprint density at radius 3 is 2.94 bits per heavy atom. The van der Waals surface area contributed by atoms with Gasteiger partial charge in [-0.3, -0.25) is 0 Å². The monoisotopic (exact) mass is 259 g/mol. The molecule has 1 N–H and O–H groups in total. The van der Waals surface area contributed by atoms with Gasteiger partial charge in [0.05, 0.1) is 17.2 Å². The molecule has 0 spiro atoms. The van der Waals surface area contributed by atoms with Crippen molar-refractivity contribution in [2.75, 3.05) is 5.32 Å². The summed E-state index contributed by atoms with van der Waals surface area (Å²) in [7, 11) is 0. The van der Waals surface area contributed by atoms with Crippen LogP contribution in [0.1, 0.15) is 16.3 Å². The van der Waals surface area contributed by atoms with Crippen molar-refractivity contribution in [3.8, 4) is 0 Å². The van der Waals surface area contributed by atoms with Crippen LogP contribution in [-0.2, 0) is 6.54 Å². The van der Waals surface area contributed by atoms with E-state index in [1.54, 1.807) is 15.9 Å². The molecular formula is C12H13N5S. The molecule has 0 aliphatic heterocycles. The number of pyridine rings is 1. The van der Waals surface area contributed by atoms with Crippen LogP contribution in [0.2, 0.25) is 0 Å². The molecule has 0 atom stereocenters. The Bertz CT molecular complexity index is 685. The second-order valence-corrected chi connectivity index (χ2v) is 5.22. The van der Waals surface area contributed by atoms with Gasteiger partial charge in [0, 0.05) is 11.6 Å². The molecule has 0 saturated carbocycles. The quantitative estimate of drug-likeness (QED) is 0.784. The van der Waals surface area contributed by atoms with Gasteiger partial charge in [-0.2, -0.15) is 4.98 Å². The van der Waals surface area contributed by atoms with Crippen molar-refractivity contribution in [1.29, 1.82) is 0 Å². The first-order chi connectivity index (χ1) is 8.70. The summed E-state index contributed by atoms with van der Waals surface area (Å²) in [5, 5.41) is 10.7. The largest absolute Gasteiger partial charge is 0.347 e. The highest BCUT2D eigenvalue weighted by Crippen LogP contribution is 2.11. The predicted molar refractivity (Wildman–Crippen MR) is 71.9 cm³/mol. The lowest BCUT2D eigenvalue weighted by Crippen LogP contribution is -2.01. The average molecular weight is 259 g/mol. The Hall–Kier alpha value is -1.95. The van der Waals surface area contributed by atoms with Crippen molar-refractivity contribution < 1.29 is 0 Å². The second kappa shape index (κ2) is 4.38. The van der Waals surface area contributed by atoms with Gasteiger partial charge in [-0.25, -0.2) is 9.50 Å². The van der Waals surface area contributed by atoms with Gasteiger partial charge in [0.1, 0.15) is 0 Å². The van der Waals surface area contributed by atoms with Gasteiger partial charge in [-0.1, -0.05) is 6.07 Å². The van der Waals surface area contributed by atoms with Crippen LogP contribution in [0.15, 0.2) is 23.7 Å². The van der Waals surface area contributed by atoms with E-state index < -0.39 is 0 Å². The van der Waals surface area contributed by atoms with E-state index in [0.717, 1.165) is 21.9 Å². The lowest BCUT2D eigenvalue weighted by Gasteiger charge is -1.96. The Morgan fingerprint density at radius 1 is 1.28 bits per heavy atom. The zero-order valence-corrected chi connectivity index (χ0v) is 11.0. The number of hydrogen-bond donors (Lipinski definition) is 1. The normalized spacial score (nSPS) is 11.0. The van der Waals surface area contributed by atoms with Gasteiger partial charge in [-0.05, 0) is 25.5 Å². The summed E-state index contributed by atoms with van der Waals surface area (Å²) in [6.07, 6.45) is 1.96. The van der Waals surface area contributed by atoms with Crippen LogP contribution in [0.5, 0.6) is 0 Å². The first kappa shape index (κ1) is 11.2. The fraction of sp³-hybridized carbons (Fsp3) is 0.250. The lowest BCUT2D eigenvalue weighted by molar-refractivity contribution is 0.936. The third kappa shape index (κ3) is 2.19. The highest BCUT2D eigenvalue weighted by molar-refractivity contribution is 7.09. The van der Waals surface area contributed by atoms with E-state index in [-0.39, 0.29) is 0 Å². The predicted octanol–water partition coefficient (Wildman–Crippen LogP) is 2.41. The first-order valence-electron chi connectivity index (χ1n) is 5.68. The van der Waals surface area contributed by atoms with E-state index in [1.165, 1.54) is 0 Å². The van der Waals surface area contributed by atoms with Gasteiger partial charge in [-0.15, -0.1) is 16.4 Å². The Morgan fingerprint density at radius 2 is 2.17 bits per heavy atom. The molecular weight excluding hydrogens is 246 g/mol. The number of nitrogens with one attached hydrogen (secondary N) is 1. The van der Waals surface area contributed by atoms with Gasteiger partial charge >= 0.3 is 0 Å². The maximum absolute atomic E-state index is 4.39. The van der Waals surface area contributed by atoms with Crippen LogP contribution in [0, 0.1) is 13.8 Å². The molecule has 3 aromatic heterocycles. The molecule has 18 heavy (non-hydrogen) atoms. The van der Waals surface area contributed by atoms with E-state index in [1.807, 2.05) is 37.6 Å². The van der Waals surface area contributed by atoms with Crippen molar-refractivity contribution in [1.82, 2.24) is 19.6 Å². The molecule has 3 heterocycles. The summed E-state index contributed by atoms with van der Waals surface area (Å²) in [5.41, 5.74) is 3.03. The summed E-state index contributed by atoms with van der Waals surface area (Å²) < 4.78 is 1.78. The number of fused-ring (bicyclic) bond motifs is 1. The third-order valence-corrected chi connectivity index (χ3v) is 3.40. The average Bonchev–Trinajstić information content (AvgIpc) is 2.92. The highest BCUT2D eigenvalue weighted by Gasteiger charge is 2.04. The van der Waals surface area contributed by atoms with Crippen molar-refractivity contribution in [2.24, 2.45) is 0 Å². The highest BCUT2D eigenvalue weighted by atomic mass is 32.1. The molecule has 0 radical (unpaired) electrons. The van der Waals surface area contributed by atoms with E-state index in [4.69, 9.17) is 0 Å². The van der Waals surface area contributed by atoms with E-state index in [9.17, 15) is 0 Å². The Labute approximate surface area is 109 Å². The topological polar surface area (TPSA) is 55.1 Å². The fourth-order valence-corrected chi connectivity index (χ4v) is 2.33. The Balaban J connectivity index is 1.78. The molecule has 0 fully saturated rings. The van der Waals surface area contributed by atoms with Gasteiger partial charge in [0.2, 0.25) is 5.95 Å². The molecule has 3 rings (SSSR count). The first-order valence-corrected chi connectivity index (χ1v) is 6.56. The lowest BCUT2D eigenvalue weighted by atomic mass is 10.3. The van der Waals surface area contributed by atoms with Crippen molar-refractivity contribution >= 4 is 22.9 Å². The summed E-state index contributed by atoms with van der Waals surface area (Å²) in [4.78, 5) is 8.78. The maximum Gasteiger partial charge on any atom is 0.243 e. The van der Waals surface area contributed by atoms with Crippen LogP contribution in [0.3, 0.4) is 0 Å². The number of anilines is 1. The molecule has 0 aromatic carbocycles. The molecule has 5 nitrogen and oxygen atoms in total. The summed E-state index contributed by atoms with van der Waals surface area (Å²) >= 11 is 1.65. The van der Waals surface area contributed by atoms with Gasteiger partial charge in [0.15, 0.2) is 5.65 Å². The molecule has 0 aliphatic rings. The number of aromatic nitrogens is 4. The van der Waals surface area contributed by atoms with E-state index >= 15 is 0 Å². The minimum absolute atomic E-state index is 0.631. The molecule has 0 amide bonds. The number of aryl methyl sites for hydroxylation is 2. The van der Waals surface area contributed by atoms with Crippen molar-refractivity contribution in [3.05, 3.63) is 40.0 Å². The van der Waals surface area contributed by atoms with Crippen LogP contribution in [0.4, 0.5) is 5.95 Å². The minimum atomic E-state index is 0.631. The standard InChI is InChI=1S/C12H13N5S/c1-8-3-4-11-15-12(16-17(11)6-8)13-5-10-7-18-9(2)14-10/h3-4,6-7H,5H2,1-2H3,(H,13,16). The summed E-state index contributed by atoms with van der Waals surface area (Å²) in [5.74, 6) is 0.631. The van der Waals surface area contributed by atoms with Gasteiger partial charge < -0.3 is 5.32 Å². The number of nitrogens with zero attached hydrogens (tertiary/aromatic N) is 4. The van der Waals surface area contributed by atoms with Crippen molar-refractivity contribution in [2.45, 2.75) is 20.4 Å². The van der Waals surface area contributed by atoms with E-state index in [0.29, 0.717) is 12.5 Å². The Kier molecular flexibility index (Phi) is 2.71. The molecule has 0 bridgehead atoms. The minimum Gasteiger partial charge on any atom is -0.347 e. The molecule has 6 heteroatoms. The molecule has 0 unspecified atom stereocenters. The van der Waals surface area contributed by atoms with Crippen molar-refractivity contribution in [3.63, 3.8) is 0 Å². The molecule has 0 aliphatic carbocycles. The van der Waals surface area contributed by atoms with Crippen LogP contribution in [0.25, 0.3) is 5.65 Å². The van der Waals surface area contributed by atoms with E-state index in [2.05, 4.69) is 20.4 Å². The van der Waals surface area contributed by atoms with Crippen LogP contribution < -0.4 is 5.32 Å². The number of thiazole rings is 1. The smallest absolute Gasteiger partial charge is 0.243 e. The zero-order chi connectivity index (χ0) is 12.5. The fourth-order valence-electron chi connectivity index (χ4n) is 1.72. The summed E-state index contributed by atoms with van der Waals surface area (Å²) in [6, 6.07) is 3.98. The van der Waals surface area contributed by atoms with Gasteiger partial charge in [0.25, 0.3) is 0 Å². The summed E-state index contributed by atoms with van der Waals surface area (Å²) in [6.45, 7) is 4.69. The molecule has 92 valence electrons. The maximum atomic E-state index is 4.39. The second-order valence-electron chi connectivity index (χ2n) is 4.16. The number of hydrogen-bond acceptors (Lipinski definition) is 5. The zero-order valence-electron chi connectivity index (χ0n) is 10.2. The number of rotatable bonds is 3. The molecule has 3 aromatic rings.